The number of hydrogen-bond acceptors (Lipinski definition) is 4. The van der Waals surface area contributed by atoms with Crippen molar-refractivity contribution >= 4 is 0 Å². The van der Waals surface area contributed by atoms with Gasteiger partial charge in [-0.1, -0.05) is 6.07 Å². The lowest BCUT2D eigenvalue weighted by Crippen LogP contribution is -1.95. The molecule has 2 rings (SSSR count). The topological polar surface area (TPSA) is 51.5 Å². The van der Waals surface area contributed by atoms with Crippen LogP contribution in [0.1, 0.15) is 5.56 Å². The van der Waals surface area contributed by atoms with E-state index in [1.807, 2.05) is 6.07 Å². The molecular weight excluding hydrogens is 182 g/mol. The maximum absolute atomic E-state index is 8.61. The van der Waals surface area contributed by atoms with Crippen molar-refractivity contribution in [3.63, 3.8) is 0 Å². The molecule has 0 N–H and O–H groups in total. The molecule has 1 aliphatic rings. The fourth-order valence-electron chi connectivity index (χ4n) is 1.44. The summed E-state index contributed by atoms with van der Waals surface area (Å²) in [6, 6.07) is 5.68. The second kappa shape index (κ2) is 3.46. The fourth-order valence-corrected chi connectivity index (χ4v) is 1.44. The van der Waals surface area contributed by atoms with Crippen LogP contribution in [-0.2, 0) is 6.42 Å². The Hall–Kier alpha value is -1.89. The molecule has 0 unspecified atom stereocenters. The van der Waals surface area contributed by atoms with Gasteiger partial charge in [-0.3, -0.25) is 0 Å². The van der Waals surface area contributed by atoms with E-state index in [1.54, 1.807) is 13.2 Å². The highest BCUT2D eigenvalue weighted by molar-refractivity contribution is 5.57. The van der Waals surface area contributed by atoms with Gasteiger partial charge in [-0.15, -0.1) is 0 Å². The highest BCUT2D eigenvalue weighted by Gasteiger charge is 2.21. The Bertz CT molecular complexity index is 395. The molecular formula is C10H9NO3. The van der Waals surface area contributed by atoms with E-state index in [9.17, 15) is 0 Å². The summed E-state index contributed by atoms with van der Waals surface area (Å²) < 4.78 is 15.6. The second-order valence-electron chi connectivity index (χ2n) is 2.83. The van der Waals surface area contributed by atoms with Crippen LogP contribution in [0.15, 0.2) is 12.1 Å². The van der Waals surface area contributed by atoms with E-state index in [2.05, 4.69) is 6.07 Å². The molecule has 4 heteroatoms. The van der Waals surface area contributed by atoms with Gasteiger partial charge in [0.25, 0.3) is 0 Å². The van der Waals surface area contributed by atoms with Crippen LogP contribution in [-0.4, -0.2) is 13.9 Å². The first kappa shape index (κ1) is 8.70. The van der Waals surface area contributed by atoms with E-state index in [-0.39, 0.29) is 6.79 Å². The smallest absolute Gasteiger partial charge is 0.231 e. The summed E-state index contributed by atoms with van der Waals surface area (Å²) in [5.41, 5.74) is 0.819. The fraction of sp³-hybridized carbons (Fsp3) is 0.300. The van der Waals surface area contributed by atoms with Gasteiger partial charge in [0.05, 0.1) is 19.6 Å². The average molecular weight is 191 g/mol. The Morgan fingerprint density at radius 2 is 2.36 bits per heavy atom. The molecule has 0 aliphatic carbocycles. The largest absolute Gasteiger partial charge is 0.492 e. The summed E-state index contributed by atoms with van der Waals surface area (Å²) in [6.45, 7) is 0.210. The van der Waals surface area contributed by atoms with Gasteiger partial charge in [0, 0.05) is 5.56 Å². The van der Waals surface area contributed by atoms with Gasteiger partial charge in [0.15, 0.2) is 11.5 Å². The quantitative estimate of drug-likeness (QED) is 0.710. The zero-order valence-electron chi connectivity index (χ0n) is 7.74. The number of fused-ring (bicyclic) bond motifs is 1. The van der Waals surface area contributed by atoms with E-state index < -0.39 is 0 Å². The lowest BCUT2D eigenvalue weighted by Gasteiger charge is -2.08. The maximum atomic E-state index is 8.61. The minimum absolute atomic E-state index is 0.210. The number of methoxy groups -OCH3 is 1. The van der Waals surface area contributed by atoms with Gasteiger partial charge in [-0.25, -0.2) is 0 Å². The molecule has 72 valence electrons. The van der Waals surface area contributed by atoms with Crippen LogP contribution in [0.4, 0.5) is 0 Å². The van der Waals surface area contributed by atoms with Crippen molar-refractivity contribution in [2.75, 3.05) is 13.9 Å². The Morgan fingerprint density at radius 3 is 3.07 bits per heavy atom. The summed E-state index contributed by atoms with van der Waals surface area (Å²) in [6.07, 6.45) is 0.305. The number of nitriles is 1. The molecule has 1 aromatic carbocycles. The van der Waals surface area contributed by atoms with E-state index in [4.69, 9.17) is 19.5 Å². The van der Waals surface area contributed by atoms with Crippen molar-refractivity contribution in [1.82, 2.24) is 0 Å². The zero-order valence-corrected chi connectivity index (χ0v) is 7.74. The second-order valence-corrected chi connectivity index (χ2v) is 2.83. The lowest BCUT2D eigenvalue weighted by molar-refractivity contribution is 0.171. The summed E-state index contributed by atoms with van der Waals surface area (Å²) in [7, 11) is 1.55. The highest BCUT2D eigenvalue weighted by atomic mass is 16.7. The number of hydrogen-bond donors (Lipinski definition) is 0. The van der Waals surface area contributed by atoms with Crippen molar-refractivity contribution < 1.29 is 14.2 Å². The number of benzene rings is 1. The maximum Gasteiger partial charge on any atom is 0.231 e. The Balaban J connectivity index is 2.49. The molecule has 0 saturated heterocycles. The van der Waals surface area contributed by atoms with Gasteiger partial charge >= 0.3 is 0 Å². The van der Waals surface area contributed by atoms with Crippen LogP contribution >= 0.6 is 0 Å². The molecule has 0 aromatic heterocycles. The third-order valence-electron chi connectivity index (χ3n) is 2.05. The van der Waals surface area contributed by atoms with Crippen LogP contribution < -0.4 is 14.2 Å². The van der Waals surface area contributed by atoms with Gasteiger partial charge < -0.3 is 14.2 Å². The number of rotatable bonds is 2. The molecule has 0 spiro atoms. The standard InChI is InChI=1S/C10H9NO3/c1-12-9-7(4-5-11)2-3-8-10(9)14-6-13-8/h2-3H,4,6H2,1H3. The summed E-state index contributed by atoms with van der Waals surface area (Å²) in [5, 5.41) is 8.61. The van der Waals surface area contributed by atoms with Crippen molar-refractivity contribution in [3.05, 3.63) is 17.7 Å². The van der Waals surface area contributed by atoms with E-state index in [1.165, 1.54) is 0 Å². The monoisotopic (exact) mass is 191 g/mol. The lowest BCUT2D eigenvalue weighted by atomic mass is 10.1. The SMILES string of the molecule is COc1c(CC#N)ccc2c1OCO2. The Kier molecular flexibility index (Phi) is 2.15. The molecule has 14 heavy (non-hydrogen) atoms. The highest BCUT2D eigenvalue weighted by Crippen LogP contribution is 2.42. The Morgan fingerprint density at radius 1 is 1.50 bits per heavy atom. The molecule has 0 saturated carbocycles. The van der Waals surface area contributed by atoms with Crippen molar-refractivity contribution in [1.29, 1.82) is 5.26 Å². The van der Waals surface area contributed by atoms with Gasteiger partial charge in [0.2, 0.25) is 12.5 Å². The van der Waals surface area contributed by atoms with Crippen molar-refractivity contribution in [3.8, 4) is 23.3 Å². The Labute approximate surface area is 81.6 Å². The number of ether oxygens (including phenoxy) is 3. The third kappa shape index (κ3) is 1.23. The molecule has 0 amide bonds. The van der Waals surface area contributed by atoms with E-state index >= 15 is 0 Å². The van der Waals surface area contributed by atoms with Crippen LogP contribution in [0.2, 0.25) is 0 Å². The van der Waals surface area contributed by atoms with Crippen molar-refractivity contribution in [2.24, 2.45) is 0 Å². The number of nitrogens with zero attached hydrogens (tertiary/aromatic N) is 1. The first-order valence-electron chi connectivity index (χ1n) is 4.19. The normalized spacial score (nSPS) is 12.3. The molecule has 4 nitrogen and oxygen atoms in total. The summed E-state index contributed by atoms with van der Waals surface area (Å²) in [4.78, 5) is 0. The summed E-state index contributed by atoms with van der Waals surface area (Å²) in [5.74, 6) is 1.87. The summed E-state index contributed by atoms with van der Waals surface area (Å²) >= 11 is 0. The molecule has 1 heterocycles. The average Bonchev–Trinajstić information content (AvgIpc) is 2.66. The molecule has 0 bridgehead atoms. The van der Waals surface area contributed by atoms with Gasteiger partial charge in [0.1, 0.15) is 0 Å². The molecule has 0 radical (unpaired) electrons. The molecule has 0 atom stereocenters. The third-order valence-corrected chi connectivity index (χ3v) is 2.05. The first-order valence-corrected chi connectivity index (χ1v) is 4.19. The minimum Gasteiger partial charge on any atom is -0.492 e. The van der Waals surface area contributed by atoms with E-state index in [0.717, 1.165) is 5.56 Å². The van der Waals surface area contributed by atoms with Crippen molar-refractivity contribution in [2.45, 2.75) is 6.42 Å². The van der Waals surface area contributed by atoms with Crippen LogP contribution in [0.5, 0.6) is 17.2 Å². The predicted octanol–water partition coefficient (Wildman–Crippen LogP) is 1.49. The molecule has 1 aliphatic heterocycles. The zero-order chi connectivity index (χ0) is 9.97. The minimum atomic E-state index is 0.210. The molecule has 0 fully saturated rings. The first-order chi connectivity index (χ1) is 6.86. The molecule has 1 aromatic rings. The van der Waals surface area contributed by atoms with Crippen LogP contribution in [0.3, 0.4) is 0 Å². The predicted molar refractivity (Wildman–Crippen MR) is 48.4 cm³/mol. The van der Waals surface area contributed by atoms with Crippen LogP contribution in [0, 0.1) is 11.3 Å². The van der Waals surface area contributed by atoms with Gasteiger partial charge in [-0.05, 0) is 6.07 Å². The van der Waals surface area contributed by atoms with Crippen LogP contribution in [0.25, 0.3) is 0 Å². The van der Waals surface area contributed by atoms with Gasteiger partial charge in [-0.2, -0.15) is 5.26 Å². The van der Waals surface area contributed by atoms with E-state index in [0.29, 0.717) is 23.7 Å².